The number of benzene rings is 1. The molecular weight excluding hydrogens is 406 g/mol. The van der Waals surface area contributed by atoms with E-state index in [0.29, 0.717) is 10.8 Å². The quantitative estimate of drug-likeness (QED) is 0.507. The number of hydrogen-bond donors (Lipinski definition) is 2. The smallest absolute Gasteiger partial charge is 0.308 e. The summed E-state index contributed by atoms with van der Waals surface area (Å²) in [5.41, 5.74) is 1.32. The SMILES string of the molecule is CCOC(=O)CC(NC(=O)Cc1csc(NC(=O)c2ccco2)n1)c1ccccc1. The van der Waals surface area contributed by atoms with Gasteiger partial charge in [-0.25, -0.2) is 4.98 Å². The van der Waals surface area contributed by atoms with Crippen LogP contribution in [-0.2, 0) is 20.7 Å². The molecule has 0 spiro atoms. The Bertz CT molecular complexity index is 985. The van der Waals surface area contributed by atoms with Gasteiger partial charge in [0, 0.05) is 5.38 Å². The molecule has 1 unspecified atom stereocenters. The number of nitrogens with zero attached hydrogens (tertiary/aromatic N) is 1. The van der Waals surface area contributed by atoms with Crippen LogP contribution in [0, 0.1) is 0 Å². The predicted molar refractivity (Wildman–Crippen MR) is 111 cm³/mol. The summed E-state index contributed by atoms with van der Waals surface area (Å²) in [5, 5.41) is 7.55. The highest BCUT2D eigenvalue weighted by atomic mass is 32.1. The summed E-state index contributed by atoms with van der Waals surface area (Å²) in [5.74, 6) is -0.913. The van der Waals surface area contributed by atoms with E-state index in [-0.39, 0.29) is 37.1 Å². The second-order valence-electron chi connectivity index (χ2n) is 6.29. The van der Waals surface area contributed by atoms with Crippen LogP contribution in [0.15, 0.2) is 58.5 Å². The molecule has 3 aromatic rings. The number of amides is 2. The molecule has 0 aliphatic rings. The van der Waals surface area contributed by atoms with E-state index in [1.165, 1.54) is 17.6 Å². The van der Waals surface area contributed by atoms with Gasteiger partial charge in [0.25, 0.3) is 5.91 Å². The van der Waals surface area contributed by atoms with Crippen molar-refractivity contribution in [2.24, 2.45) is 0 Å². The van der Waals surface area contributed by atoms with E-state index in [1.807, 2.05) is 30.3 Å². The maximum absolute atomic E-state index is 12.6. The zero-order valence-electron chi connectivity index (χ0n) is 16.3. The summed E-state index contributed by atoms with van der Waals surface area (Å²) < 4.78 is 10.1. The summed E-state index contributed by atoms with van der Waals surface area (Å²) in [6.45, 7) is 2.01. The lowest BCUT2D eigenvalue weighted by Crippen LogP contribution is -2.31. The van der Waals surface area contributed by atoms with E-state index in [0.717, 1.165) is 5.56 Å². The highest BCUT2D eigenvalue weighted by molar-refractivity contribution is 7.14. The number of hydrogen-bond acceptors (Lipinski definition) is 7. The molecule has 156 valence electrons. The number of ether oxygens (including phenoxy) is 1. The Morgan fingerprint density at radius 1 is 1.17 bits per heavy atom. The predicted octanol–water partition coefficient (Wildman–Crippen LogP) is 3.34. The fourth-order valence-corrected chi connectivity index (χ4v) is 3.45. The first-order valence-corrected chi connectivity index (χ1v) is 10.2. The van der Waals surface area contributed by atoms with Gasteiger partial charge in [0.1, 0.15) is 0 Å². The second-order valence-corrected chi connectivity index (χ2v) is 7.15. The number of carbonyl (C=O) groups is 3. The third kappa shape index (κ3) is 6.02. The van der Waals surface area contributed by atoms with E-state index in [4.69, 9.17) is 9.15 Å². The van der Waals surface area contributed by atoms with E-state index >= 15 is 0 Å². The fraction of sp³-hybridized carbons (Fsp3) is 0.238. The number of furan rings is 1. The summed E-state index contributed by atoms with van der Waals surface area (Å²) in [6.07, 6.45) is 1.45. The lowest BCUT2D eigenvalue weighted by atomic mass is 10.0. The molecule has 0 bridgehead atoms. The second kappa shape index (κ2) is 10.4. The minimum Gasteiger partial charge on any atom is -0.466 e. The molecule has 30 heavy (non-hydrogen) atoms. The van der Waals surface area contributed by atoms with Crippen LogP contribution in [0.4, 0.5) is 5.13 Å². The van der Waals surface area contributed by atoms with Gasteiger partial charge in [0.05, 0.1) is 37.4 Å². The van der Waals surface area contributed by atoms with Gasteiger partial charge in [0.15, 0.2) is 10.9 Å². The molecule has 9 heteroatoms. The topological polar surface area (TPSA) is 111 Å². The van der Waals surface area contributed by atoms with Crippen molar-refractivity contribution in [3.8, 4) is 0 Å². The summed E-state index contributed by atoms with van der Waals surface area (Å²) >= 11 is 1.21. The Kier molecular flexibility index (Phi) is 7.34. The van der Waals surface area contributed by atoms with Gasteiger partial charge in [-0.05, 0) is 24.6 Å². The third-order valence-electron chi connectivity index (χ3n) is 4.07. The first-order valence-electron chi connectivity index (χ1n) is 9.34. The molecule has 8 nitrogen and oxygen atoms in total. The van der Waals surface area contributed by atoms with Gasteiger partial charge < -0.3 is 14.5 Å². The highest BCUT2D eigenvalue weighted by Crippen LogP contribution is 2.20. The average Bonchev–Trinajstić information content (AvgIpc) is 3.41. The van der Waals surface area contributed by atoms with Gasteiger partial charge in [-0.15, -0.1) is 11.3 Å². The maximum Gasteiger partial charge on any atom is 0.308 e. The number of rotatable bonds is 9. The van der Waals surface area contributed by atoms with Crippen molar-refractivity contribution in [2.45, 2.75) is 25.8 Å². The van der Waals surface area contributed by atoms with E-state index in [9.17, 15) is 14.4 Å². The van der Waals surface area contributed by atoms with Crippen LogP contribution in [0.2, 0.25) is 0 Å². The van der Waals surface area contributed by atoms with Crippen LogP contribution in [0.5, 0.6) is 0 Å². The molecule has 0 radical (unpaired) electrons. The number of nitrogens with one attached hydrogen (secondary N) is 2. The van der Waals surface area contributed by atoms with Crippen molar-refractivity contribution in [1.29, 1.82) is 0 Å². The zero-order chi connectivity index (χ0) is 21.3. The normalized spacial score (nSPS) is 11.5. The van der Waals surface area contributed by atoms with Crippen LogP contribution >= 0.6 is 11.3 Å². The van der Waals surface area contributed by atoms with Gasteiger partial charge in [-0.3, -0.25) is 19.7 Å². The van der Waals surface area contributed by atoms with E-state index in [1.54, 1.807) is 24.4 Å². The molecule has 2 amide bonds. The lowest BCUT2D eigenvalue weighted by molar-refractivity contribution is -0.143. The van der Waals surface area contributed by atoms with Crippen molar-refractivity contribution in [2.75, 3.05) is 11.9 Å². The van der Waals surface area contributed by atoms with Gasteiger partial charge in [-0.2, -0.15) is 0 Å². The monoisotopic (exact) mass is 427 g/mol. The molecule has 2 N–H and O–H groups in total. The van der Waals surface area contributed by atoms with Crippen LogP contribution in [0.1, 0.15) is 41.2 Å². The van der Waals surface area contributed by atoms with Crippen LogP contribution in [-0.4, -0.2) is 29.4 Å². The molecular formula is C21H21N3O5S. The molecule has 0 saturated carbocycles. The van der Waals surface area contributed by atoms with Crippen molar-refractivity contribution in [3.63, 3.8) is 0 Å². The summed E-state index contributed by atoms with van der Waals surface area (Å²) in [4.78, 5) is 40.8. The summed E-state index contributed by atoms with van der Waals surface area (Å²) in [7, 11) is 0. The Balaban J connectivity index is 1.60. The standard InChI is InChI=1S/C21H21N3O5S/c1-2-28-19(26)12-16(14-7-4-3-5-8-14)23-18(25)11-15-13-30-21(22-15)24-20(27)17-9-6-10-29-17/h3-10,13,16H,2,11-12H2,1H3,(H,23,25)(H,22,24,27). The van der Waals surface area contributed by atoms with Gasteiger partial charge in [-0.1, -0.05) is 30.3 Å². The Morgan fingerprint density at radius 3 is 2.67 bits per heavy atom. The van der Waals surface area contributed by atoms with Crippen molar-refractivity contribution < 1.29 is 23.5 Å². The first-order chi connectivity index (χ1) is 14.5. The molecule has 2 heterocycles. The number of esters is 1. The number of carbonyl (C=O) groups excluding carboxylic acids is 3. The molecule has 0 aliphatic carbocycles. The minimum absolute atomic E-state index is 0.0132. The van der Waals surface area contributed by atoms with Gasteiger partial charge >= 0.3 is 5.97 Å². The van der Waals surface area contributed by atoms with Crippen molar-refractivity contribution in [3.05, 3.63) is 71.1 Å². The molecule has 0 fully saturated rings. The largest absolute Gasteiger partial charge is 0.466 e. The van der Waals surface area contributed by atoms with Gasteiger partial charge in [0.2, 0.25) is 5.91 Å². The van der Waals surface area contributed by atoms with Crippen molar-refractivity contribution >= 4 is 34.3 Å². The minimum atomic E-state index is -0.505. The Labute approximate surface area is 177 Å². The van der Waals surface area contributed by atoms with Crippen LogP contribution in [0.25, 0.3) is 0 Å². The molecule has 1 atom stereocenters. The molecule has 0 aliphatic heterocycles. The number of aromatic nitrogens is 1. The van der Waals surface area contributed by atoms with Crippen molar-refractivity contribution in [1.82, 2.24) is 10.3 Å². The average molecular weight is 427 g/mol. The third-order valence-corrected chi connectivity index (χ3v) is 4.88. The number of thiazole rings is 1. The highest BCUT2D eigenvalue weighted by Gasteiger charge is 2.20. The summed E-state index contributed by atoms with van der Waals surface area (Å²) in [6, 6.07) is 11.9. The zero-order valence-corrected chi connectivity index (χ0v) is 17.1. The molecule has 2 aromatic heterocycles. The fourth-order valence-electron chi connectivity index (χ4n) is 2.75. The Morgan fingerprint density at radius 2 is 1.97 bits per heavy atom. The molecule has 0 saturated heterocycles. The molecule has 3 rings (SSSR count). The first kappa shape index (κ1) is 21.3. The lowest BCUT2D eigenvalue weighted by Gasteiger charge is -2.18. The Hall–Kier alpha value is -3.46. The molecule has 1 aromatic carbocycles. The number of anilines is 1. The van der Waals surface area contributed by atoms with E-state index in [2.05, 4.69) is 15.6 Å². The maximum atomic E-state index is 12.6. The van der Waals surface area contributed by atoms with E-state index < -0.39 is 11.9 Å². The van der Waals surface area contributed by atoms with Crippen LogP contribution in [0.3, 0.4) is 0 Å². The van der Waals surface area contributed by atoms with Crippen LogP contribution < -0.4 is 10.6 Å².